The number of aliphatic hydroxyl groups excluding tert-OH is 2. The number of carboxylic acids is 1. The van der Waals surface area contributed by atoms with E-state index in [1.807, 2.05) is 0 Å². The molecule has 2 heterocycles. The zero-order valence-electron chi connectivity index (χ0n) is 11.4. The van der Waals surface area contributed by atoms with Crippen molar-refractivity contribution >= 4 is 12.0 Å². The molecule has 2 amide bonds. The molecule has 3 unspecified atom stereocenters. The summed E-state index contributed by atoms with van der Waals surface area (Å²) < 4.78 is 0. The Morgan fingerprint density at radius 1 is 1.10 bits per heavy atom. The largest absolute Gasteiger partial charge is 0.481 e. The van der Waals surface area contributed by atoms with Crippen LogP contribution in [0.1, 0.15) is 32.1 Å². The van der Waals surface area contributed by atoms with Gasteiger partial charge in [0.05, 0.1) is 25.3 Å². The van der Waals surface area contributed by atoms with Crippen molar-refractivity contribution in [2.75, 3.05) is 19.6 Å². The molecule has 7 nitrogen and oxygen atoms in total. The predicted molar refractivity (Wildman–Crippen MR) is 70.2 cm³/mol. The van der Waals surface area contributed by atoms with Crippen molar-refractivity contribution in [3.8, 4) is 0 Å². The van der Waals surface area contributed by atoms with Crippen molar-refractivity contribution in [3.05, 3.63) is 0 Å². The fourth-order valence-electron chi connectivity index (χ4n) is 2.95. The van der Waals surface area contributed by atoms with E-state index >= 15 is 0 Å². The Bertz CT molecular complexity index is 366. The minimum atomic E-state index is -0.888. The Morgan fingerprint density at radius 2 is 1.75 bits per heavy atom. The highest BCUT2D eigenvalue weighted by Crippen LogP contribution is 2.24. The highest BCUT2D eigenvalue weighted by atomic mass is 16.4. The summed E-state index contributed by atoms with van der Waals surface area (Å²) in [5, 5.41) is 27.8. The second-order valence-electron chi connectivity index (χ2n) is 5.60. The molecule has 0 aromatic rings. The Kier molecular flexibility index (Phi) is 4.82. The van der Waals surface area contributed by atoms with E-state index in [-0.39, 0.29) is 31.6 Å². The minimum absolute atomic E-state index is 0.0535. The summed E-state index contributed by atoms with van der Waals surface area (Å²) in [7, 11) is 0. The van der Waals surface area contributed by atoms with Crippen LogP contribution in [-0.4, -0.2) is 75.0 Å². The standard InChI is InChI=1S/C13H22N2O5/c16-10-7-14(8-11(10)17)13(20)15-6-2-1-3-9(15)4-5-12(18)19/h9-11,16-17H,1-8H2,(H,18,19). The smallest absolute Gasteiger partial charge is 0.320 e. The van der Waals surface area contributed by atoms with E-state index in [1.165, 1.54) is 4.90 Å². The van der Waals surface area contributed by atoms with Gasteiger partial charge in [-0.15, -0.1) is 0 Å². The number of amides is 2. The lowest BCUT2D eigenvalue weighted by molar-refractivity contribution is -0.137. The van der Waals surface area contributed by atoms with Crippen LogP contribution in [0.5, 0.6) is 0 Å². The van der Waals surface area contributed by atoms with Gasteiger partial charge in [-0.1, -0.05) is 0 Å². The van der Waals surface area contributed by atoms with Crippen LogP contribution < -0.4 is 0 Å². The topological polar surface area (TPSA) is 101 Å². The zero-order chi connectivity index (χ0) is 14.7. The van der Waals surface area contributed by atoms with Crippen LogP contribution in [0.2, 0.25) is 0 Å². The van der Waals surface area contributed by atoms with Crippen molar-refractivity contribution in [2.45, 2.75) is 50.4 Å². The third-order valence-corrected chi connectivity index (χ3v) is 4.09. The van der Waals surface area contributed by atoms with Gasteiger partial charge in [-0.25, -0.2) is 4.79 Å². The van der Waals surface area contributed by atoms with Crippen LogP contribution in [0.3, 0.4) is 0 Å². The van der Waals surface area contributed by atoms with Crippen molar-refractivity contribution in [3.63, 3.8) is 0 Å². The van der Waals surface area contributed by atoms with Gasteiger partial charge in [0, 0.05) is 19.0 Å². The Morgan fingerprint density at radius 3 is 2.35 bits per heavy atom. The number of aliphatic carboxylic acids is 1. The molecule has 2 aliphatic rings. The molecule has 0 spiro atoms. The van der Waals surface area contributed by atoms with Gasteiger partial charge in [-0.05, 0) is 25.7 Å². The molecule has 20 heavy (non-hydrogen) atoms. The number of β-amino-alcohol motifs (C(OH)–C–C–N with tert-alkyl or cyclic N) is 2. The lowest BCUT2D eigenvalue weighted by Gasteiger charge is -2.38. The number of hydrogen-bond donors (Lipinski definition) is 3. The summed E-state index contributed by atoms with van der Waals surface area (Å²) in [5.41, 5.74) is 0. The molecule has 0 aromatic heterocycles. The van der Waals surface area contributed by atoms with Crippen LogP contribution in [-0.2, 0) is 4.79 Å². The summed E-state index contributed by atoms with van der Waals surface area (Å²) >= 11 is 0. The average molecular weight is 286 g/mol. The Hall–Kier alpha value is -1.34. The highest BCUT2D eigenvalue weighted by molar-refractivity contribution is 5.75. The van der Waals surface area contributed by atoms with Gasteiger partial charge in [0.25, 0.3) is 0 Å². The monoisotopic (exact) mass is 286 g/mol. The third kappa shape index (κ3) is 3.40. The van der Waals surface area contributed by atoms with E-state index < -0.39 is 18.2 Å². The van der Waals surface area contributed by atoms with Gasteiger partial charge < -0.3 is 25.1 Å². The van der Waals surface area contributed by atoms with Crippen molar-refractivity contribution in [1.82, 2.24) is 9.80 Å². The first-order valence-corrected chi connectivity index (χ1v) is 7.12. The van der Waals surface area contributed by atoms with E-state index in [9.17, 15) is 19.8 Å². The van der Waals surface area contributed by atoms with Gasteiger partial charge in [-0.3, -0.25) is 4.79 Å². The summed E-state index contributed by atoms with van der Waals surface area (Å²) in [4.78, 5) is 26.3. The van der Waals surface area contributed by atoms with Crippen LogP contribution >= 0.6 is 0 Å². The maximum Gasteiger partial charge on any atom is 0.320 e. The quantitative estimate of drug-likeness (QED) is 0.670. The van der Waals surface area contributed by atoms with Crippen LogP contribution in [0.25, 0.3) is 0 Å². The molecular formula is C13H22N2O5. The average Bonchev–Trinajstić information content (AvgIpc) is 2.76. The van der Waals surface area contributed by atoms with Gasteiger partial charge in [0.1, 0.15) is 0 Å². The number of aliphatic hydroxyl groups is 2. The Labute approximate surface area is 117 Å². The van der Waals surface area contributed by atoms with Crippen molar-refractivity contribution in [1.29, 1.82) is 0 Å². The predicted octanol–water partition coefficient (Wildman–Crippen LogP) is -0.137. The molecule has 0 saturated carbocycles. The molecule has 0 radical (unpaired) electrons. The molecule has 3 N–H and O–H groups in total. The summed E-state index contributed by atoms with van der Waals surface area (Å²) in [6, 6.07) is -0.252. The molecule has 114 valence electrons. The van der Waals surface area contributed by atoms with E-state index in [2.05, 4.69) is 0 Å². The van der Waals surface area contributed by atoms with Gasteiger partial charge in [-0.2, -0.15) is 0 Å². The van der Waals surface area contributed by atoms with Crippen LogP contribution in [0, 0.1) is 0 Å². The number of nitrogens with zero attached hydrogens (tertiary/aromatic N) is 2. The fourth-order valence-corrected chi connectivity index (χ4v) is 2.95. The number of rotatable bonds is 3. The first kappa shape index (κ1) is 15.1. The summed E-state index contributed by atoms with van der Waals surface area (Å²) in [6.07, 6.45) is 1.47. The normalized spacial score (nSPS) is 30.6. The van der Waals surface area contributed by atoms with Crippen LogP contribution in [0.4, 0.5) is 4.79 Å². The lowest BCUT2D eigenvalue weighted by Crippen LogP contribution is -2.50. The van der Waals surface area contributed by atoms with E-state index in [0.29, 0.717) is 13.0 Å². The maximum atomic E-state index is 12.4. The SMILES string of the molecule is O=C(O)CCC1CCCCN1C(=O)N1CC(O)C(O)C1. The maximum absolute atomic E-state index is 12.4. The number of hydrogen-bond acceptors (Lipinski definition) is 4. The molecule has 2 saturated heterocycles. The Balaban J connectivity index is 1.96. The molecule has 3 atom stereocenters. The van der Waals surface area contributed by atoms with Crippen LogP contribution in [0.15, 0.2) is 0 Å². The molecule has 0 bridgehead atoms. The molecule has 2 fully saturated rings. The number of carbonyl (C=O) groups excluding carboxylic acids is 1. The first-order chi connectivity index (χ1) is 9.49. The second-order valence-corrected chi connectivity index (χ2v) is 5.60. The van der Waals surface area contributed by atoms with Gasteiger partial charge >= 0.3 is 12.0 Å². The number of piperidine rings is 1. The molecular weight excluding hydrogens is 264 g/mol. The van der Waals surface area contributed by atoms with Gasteiger partial charge in [0.15, 0.2) is 0 Å². The van der Waals surface area contributed by atoms with E-state index in [4.69, 9.17) is 5.11 Å². The van der Waals surface area contributed by atoms with E-state index in [0.717, 1.165) is 19.3 Å². The third-order valence-electron chi connectivity index (χ3n) is 4.09. The molecule has 0 aliphatic carbocycles. The number of likely N-dealkylation sites (tertiary alicyclic amines) is 2. The molecule has 2 rings (SSSR count). The fraction of sp³-hybridized carbons (Fsp3) is 0.846. The molecule has 0 aromatic carbocycles. The van der Waals surface area contributed by atoms with E-state index in [1.54, 1.807) is 4.90 Å². The summed E-state index contributed by atoms with van der Waals surface area (Å²) in [5.74, 6) is -0.852. The number of carbonyl (C=O) groups is 2. The number of carboxylic acid groups (broad SMARTS) is 1. The van der Waals surface area contributed by atoms with Crippen molar-refractivity contribution in [2.24, 2.45) is 0 Å². The van der Waals surface area contributed by atoms with Gasteiger partial charge in [0.2, 0.25) is 0 Å². The highest BCUT2D eigenvalue weighted by Gasteiger charge is 2.37. The number of urea groups is 1. The van der Waals surface area contributed by atoms with Crippen molar-refractivity contribution < 1.29 is 24.9 Å². The first-order valence-electron chi connectivity index (χ1n) is 7.12. The zero-order valence-corrected chi connectivity index (χ0v) is 11.4. The lowest BCUT2D eigenvalue weighted by atomic mass is 9.98. The minimum Gasteiger partial charge on any atom is -0.481 e. The molecule has 2 aliphatic heterocycles. The summed E-state index contributed by atoms with van der Waals surface area (Å²) in [6.45, 7) is 0.899. The second kappa shape index (κ2) is 6.41. The molecule has 7 heteroatoms.